The first kappa shape index (κ1) is 12.2. The molecule has 0 bridgehead atoms. The summed E-state index contributed by atoms with van der Waals surface area (Å²) in [7, 11) is 1.64. The normalized spacial score (nSPS) is 13.5. The summed E-state index contributed by atoms with van der Waals surface area (Å²) in [5.74, 6) is 0.995. The first-order valence-electron chi connectivity index (χ1n) is 6.19. The largest absolute Gasteiger partial charge is 0.496 e. The second-order valence-corrected chi connectivity index (χ2v) is 5.04. The summed E-state index contributed by atoms with van der Waals surface area (Å²) >= 11 is 6.08. The molecular formula is C16H13ClO2. The minimum atomic E-state index is 0.220. The van der Waals surface area contributed by atoms with Gasteiger partial charge in [0, 0.05) is 22.6 Å². The van der Waals surface area contributed by atoms with E-state index in [1.807, 2.05) is 30.3 Å². The van der Waals surface area contributed by atoms with Crippen LogP contribution >= 0.6 is 11.6 Å². The Morgan fingerprint density at radius 2 is 1.84 bits per heavy atom. The lowest BCUT2D eigenvalue weighted by molar-refractivity contribution is 0.0994. The molecule has 2 aromatic rings. The van der Waals surface area contributed by atoms with E-state index in [9.17, 15) is 4.79 Å². The van der Waals surface area contributed by atoms with Crippen LogP contribution in [0.2, 0.25) is 5.02 Å². The maximum absolute atomic E-state index is 11.8. The summed E-state index contributed by atoms with van der Waals surface area (Å²) in [5.41, 5.74) is 3.93. The quantitative estimate of drug-likeness (QED) is 0.821. The molecule has 0 saturated carbocycles. The third kappa shape index (κ3) is 2.02. The molecule has 2 aromatic carbocycles. The molecule has 0 heterocycles. The van der Waals surface area contributed by atoms with E-state index in [2.05, 4.69) is 0 Å². The van der Waals surface area contributed by atoms with E-state index in [-0.39, 0.29) is 5.78 Å². The Labute approximate surface area is 117 Å². The molecule has 0 saturated heterocycles. The van der Waals surface area contributed by atoms with Crippen molar-refractivity contribution in [3.8, 4) is 16.9 Å². The summed E-state index contributed by atoms with van der Waals surface area (Å²) in [6.07, 6.45) is 1.38. The highest BCUT2D eigenvalue weighted by molar-refractivity contribution is 6.31. The number of methoxy groups -OCH3 is 1. The Morgan fingerprint density at radius 3 is 2.63 bits per heavy atom. The Kier molecular flexibility index (Phi) is 3.03. The first-order valence-corrected chi connectivity index (χ1v) is 6.57. The summed E-state index contributed by atoms with van der Waals surface area (Å²) in [4.78, 5) is 11.8. The molecule has 0 aromatic heterocycles. The topological polar surface area (TPSA) is 26.3 Å². The predicted molar refractivity (Wildman–Crippen MR) is 76.1 cm³/mol. The molecule has 0 spiro atoms. The van der Waals surface area contributed by atoms with Crippen LogP contribution in [-0.2, 0) is 6.42 Å². The standard InChI is InChI=1S/C16H13ClO2/c1-19-16-8-5-10(17)9-14(16)11-3-2-4-13-12(11)6-7-15(13)18/h2-5,8-9H,6-7H2,1H3. The minimum Gasteiger partial charge on any atom is -0.496 e. The van der Waals surface area contributed by atoms with Gasteiger partial charge in [0.15, 0.2) is 5.78 Å². The lowest BCUT2D eigenvalue weighted by Gasteiger charge is -2.12. The fourth-order valence-corrected chi connectivity index (χ4v) is 2.81. The van der Waals surface area contributed by atoms with Crippen molar-refractivity contribution in [1.82, 2.24) is 0 Å². The highest BCUT2D eigenvalue weighted by atomic mass is 35.5. The summed E-state index contributed by atoms with van der Waals surface area (Å²) in [6.45, 7) is 0. The highest BCUT2D eigenvalue weighted by Gasteiger charge is 2.23. The third-order valence-electron chi connectivity index (χ3n) is 3.53. The molecule has 2 nitrogen and oxygen atoms in total. The Morgan fingerprint density at radius 1 is 1.05 bits per heavy atom. The van der Waals surface area contributed by atoms with Crippen LogP contribution < -0.4 is 4.74 Å². The van der Waals surface area contributed by atoms with E-state index < -0.39 is 0 Å². The lowest BCUT2D eigenvalue weighted by atomic mass is 9.96. The molecule has 3 rings (SSSR count). The van der Waals surface area contributed by atoms with E-state index in [0.29, 0.717) is 11.4 Å². The van der Waals surface area contributed by atoms with Gasteiger partial charge in [0.2, 0.25) is 0 Å². The van der Waals surface area contributed by atoms with Gasteiger partial charge in [0.25, 0.3) is 0 Å². The van der Waals surface area contributed by atoms with Gasteiger partial charge >= 0.3 is 0 Å². The van der Waals surface area contributed by atoms with Crippen LogP contribution in [0.15, 0.2) is 36.4 Å². The van der Waals surface area contributed by atoms with E-state index in [0.717, 1.165) is 34.4 Å². The number of carbonyl (C=O) groups is 1. The van der Waals surface area contributed by atoms with E-state index in [1.54, 1.807) is 13.2 Å². The zero-order valence-electron chi connectivity index (χ0n) is 10.6. The van der Waals surface area contributed by atoms with Gasteiger partial charge in [-0.1, -0.05) is 29.8 Å². The number of benzene rings is 2. The molecule has 0 unspecified atom stereocenters. The van der Waals surface area contributed by atoms with Crippen LogP contribution in [-0.4, -0.2) is 12.9 Å². The van der Waals surface area contributed by atoms with Gasteiger partial charge in [-0.3, -0.25) is 4.79 Å². The number of carbonyl (C=O) groups excluding carboxylic acids is 1. The Balaban J connectivity index is 2.24. The molecule has 0 amide bonds. The molecule has 0 aliphatic heterocycles. The molecule has 1 aliphatic carbocycles. The van der Waals surface area contributed by atoms with Gasteiger partial charge < -0.3 is 4.74 Å². The van der Waals surface area contributed by atoms with E-state index in [4.69, 9.17) is 16.3 Å². The van der Waals surface area contributed by atoms with Crippen molar-refractivity contribution in [3.05, 3.63) is 52.5 Å². The number of halogens is 1. The van der Waals surface area contributed by atoms with Crippen LogP contribution in [0.3, 0.4) is 0 Å². The van der Waals surface area contributed by atoms with Crippen LogP contribution in [0.25, 0.3) is 11.1 Å². The number of Topliss-reactive ketones (excluding diaryl/α,β-unsaturated/α-hetero) is 1. The average molecular weight is 273 g/mol. The monoisotopic (exact) mass is 272 g/mol. The molecule has 1 aliphatic rings. The van der Waals surface area contributed by atoms with Crippen LogP contribution in [0.4, 0.5) is 0 Å². The smallest absolute Gasteiger partial charge is 0.163 e. The molecule has 0 N–H and O–H groups in total. The Hall–Kier alpha value is -1.80. The SMILES string of the molecule is COc1ccc(Cl)cc1-c1cccc2c1CCC2=O. The van der Waals surface area contributed by atoms with Crippen LogP contribution in [0, 0.1) is 0 Å². The second-order valence-electron chi connectivity index (χ2n) is 4.60. The molecule has 0 atom stereocenters. The Bertz CT molecular complexity index is 662. The number of fused-ring (bicyclic) bond motifs is 1. The van der Waals surface area contributed by atoms with Crippen molar-refractivity contribution in [3.63, 3.8) is 0 Å². The number of ether oxygens (including phenoxy) is 1. The molecule has 0 fully saturated rings. The van der Waals surface area contributed by atoms with Crippen molar-refractivity contribution in [1.29, 1.82) is 0 Å². The minimum absolute atomic E-state index is 0.220. The van der Waals surface area contributed by atoms with Crippen molar-refractivity contribution < 1.29 is 9.53 Å². The van der Waals surface area contributed by atoms with Crippen molar-refractivity contribution >= 4 is 17.4 Å². The van der Waals surface area contributed by atoms with Gasteiger partial charge in [-0.25, -0.2) is 0 Å². The first-order chi connectivity index (χ1) is 9.20. The number of rotatable bonds is 2. The summed E-state index contributed by atoms with van der Waals surface area (Å²) in [5, 5.41) is 0.665. The van der Waals surface area contributed by atoms with E-state index in [1.165, 1.54) is 0 Å². The zero-order chi connectivity index (χ0) is 13.4. The second kappa shape index (κ2) is 4.71. The van der Waals surface area contributed by atoms with Gasteiger partial charge in [0.1, 0.15) is 5.75 Å². The van der Waals surface area contributed by atoms with Crippen molar-refractivity contribution in [2.24, 2.45) is 0 Å². The molecule has 0 radical (unpaired) electrons. The van der Waals surface area contributed by atoms with Crippen molar-refractivity contribution in [2.45, 2.75) is 12.8 Å². The maximum atomic E-state index is 11.8. The number of hydrogen-bond acceptors (Lipinski definition) is 2. The molecule has 3 heteroatoms. The van der Waals surface area contributed by atoms with Crippen LogP contribution in [0.5, 0.6) is 5.75 Å². The summed E-state index contributed by atoms with van der Waals surface area (Å²) < 4.78 is 5.40. The fourth-order valence-electron chi connectivity index (χ4n) is 2.63. The van der Waals surface area contributed by atoms with Gasteiger partial charge in [-0.05, 0) is 35.7 Å². The molecule has 96 valence electrons. The molecule has 19 heavy (non-hydrogen) atoms. The van der Waals surface area contributed by atoms with Gasteiger partial charge in [-0.2, -0.15) is 0 Å². The third-order valence-corrected chi connectivity index (χ3v) is 3.77. The molecular weight excluding hydrogens is 260 g/mol. The average Bonchev–Trinajstić information content (AvgIpc) is 2.81. The predicted octanol–water partition coefficient (Wildman–Crippen LogP) is 4.14. The van der Waals surface area contributed by atoms with Gasteiger partial charge in [-0.15, -0.1) is 0 Å². The summed E-state index contributed by atoms with van der Waals surface area (Å²) in [6, 6.07) is 11.4. The lowest BCUT2D eigenvalue weighted by Crippen LogP contribution is -1.94. The van der Waals surface area contributed by atoms with Crippen molar-refractivity contribution in [2.75, 3.05) is 7.11 Å². The number of ketones is 1. The van der Waals surface area contributed by atoms with E-state index >= 15 is 0 Å². The fraction of sp³-hybridized carbons (Fsp3) is 0.188. The zero-order valence-corrected chi connectivity index (χ0v) is 11.3. The number of hydrogen-bond donors (Lipinski definition) is 0. The highest BCUT2D eigenvalue weighted by Crippen LogP contribution is 2.38. The van der Waals surface area contributed by atoms with Gasteiger partial charge in [0.05, 0.1) is 7.11 Å². The maximum Gasteiger partial charge on any atom is 0.163 e. The van der Waals surface area contributed by atoms with Crippen LogP contribution in [0.1, 0.15) is 22.3 Å².